The summed E-state index contributed by atoms with van der Waals surface area (Å²) in [5, 5.41) is 2.97. The zero-order valence-electron chi connectivity index (χ0n) is 16.7. The number of hydrogen-bond acceptors (Lipinski definition) is 4. The molecule has 2 N–H and O–H groups in total. The van der Waals surface area contributed by atoms with Crippen molar-refractivity contribution in [3.63, 3.8) is 0 Å². The zero-order valence-corrected chi connectivity index (χ0v) is 18.3. The van der Waals surface area contributed by atoms with Crippen molar-refractivity contribution in [2.45, 2.75) is 18.7 Å². The SMILES string of the molecule is COc1ccc(S(=O)(=O)Nc2ccc(C(=O)Nc3cccc(C)c3C)c(Cl)c2)cc1. The Morgan fingerprint density at radius 2 is 1.70 bits per heavy atom. The van der Waals surface area contributed by atoms with E-state index in [4.69, 9.17) is 16.3 Å². The normalized spacial score (nSPS) is 11.1. The fourth-order valence-electron chi connectivity index (χ4n) is 2.81. The Morgan fingerprint density at radius 1 is 1.00 bits per heavy atom. The van der Waals surface area contributed by atoms with Gasteiger partial charge >= 0.3 is 0 Å². The first-order valence-corrected chi connectivity index (χ1v) is 10.9. The number of methoxy groups -OCH3 is 1. The highest BCUT2D eigenvalue weighted by Crippen LogP contribution is 2.26. The number of amides is 1. The molecular weight excluding hydrogens is 424 g/mol. The molecule has 0 radical (unpaired) electrons. The van der Waals surface area contributed by atoms with Gasteiger partial charge in [0.05, 0.1) is 28.3 Å². The number of aryl methyl sites for hydroxylation is 1. The van der Waals surface area contributed by atoms with Crippen molar-refractivity contribution in [3.05, 3.63) is 82.4 Å². The van der Waals surface area contributed by atoms with Crippen LogP contribution in [0, 0.1) is 13.8 Å². The minimum Gasteiger partial charge on any atom is -0.497 e. The second-order valence-electron chi connectivity index (χ2n) is 6.68. The zero-order chi connectivity index (χ0) is 21.9. The summed E-state index contributed by atoms with van der Waals surface area (Å²) >= 11 is 6.26. The maximum Gasteiger partial charge on any atom is 0.261 e. The van der Waals surface area contributed by atoms with Gasteiger partial charge in [0.1, 0.15) is 5.75 Å². The highest BCUT2D eigenvalue weighted by Gasteiger charge is 2.17. The van der Waals surface area contributed by atoms with Crippen LogP contribution < -0.4 is 14.8 Å². The van der Waals surface area contributed by atoms with Crippen molar-refractivity contribution >= 4 is 38.9 Å². The van der Waals surface area contributed by atoms with Gasteiger partial charge in [0.25, 0.3) is 15.9 Å². The van der Waals surface area contributed by atoms with E-state index >= 15 is 0 Å². The molecule has 0 heterocycles. The maximum absolute atomic E-state index is 12.6. The van der Waals surface area contributed by atoms with Crippen molar-refractivity contribution < 1.29 is 17.9 Å². The molecule has 3 aromatic carbocycles. The summed E-state index contributed by atoms with van der Waals surface area (Å²) in [5.41, 5.74) is 3.21. The molecule has 30 heavy (non-hydrogen) atoms. The number of hydrogen-bond donors (Lipinski definition) is 2. The Balaban J connectivity index is 1.79. The first kappa shape index (κ1) is 21.7. The molecule has 3 rings (SSSR count). The number of carbonyl (C=O) groups excluding carboxylic acids is 1. The number of benzene rings is 3. The first-order valence-electron chi connectivity index (χ1n) is 9.05. The Labute approximate surface area is 180 Å². The number of rotatable bonds is 6. The fourth-order valence-corrected chi connectivity index (χ4v) is 4.12. The monoisotopic (exact) mass is 444 g/mol. The molecule has 0 aromatic heterocycles. The van der Waals surface area contributed by atoms with E-state index in [9.17, 15) is 13.2 Å². The predicted molar refractivity (Wildman–Crippen MR) is 119 cm³/mol. The van der Waals surface area contributed by atoms with Gasteiger partial charge in [-0.3, -0.25) is 9.52 Å². The molecule has 0 spiro atoms. The minimum atomic E-state index is -3.81. The lowest BCUT2D eigenvalue weighted by Gasteiger charge is -2.13. The van der Waals surface area contributed by atoms with Crippen LogP contribution in [0.3, 0.4) is 0 Å². The number of sulfonamides is 1. The fraction of sp³-hybridized carbons (Fsp3) is 0.136. The average Bonchev–Trinajstić information content (AvgIpc) is 2.71. The molecule has 0 saturated carbocycles. The van der Waals surface area contributed by atoms with Gasteiger partial charge in [0.2, 0.25) is 0 Å². The highest BCUT2D eigenvalue weighted by molar-refractivity contribution is 7.92. The largest absolute Gasteiger partial charge is 0.497 e. The molecule has 0 saturated heterocycles. The Kier molecular flexibility index (Phi) is 6.34. The van der Waals surface area contributed by atoms with Gasteiger partial charge in [0.15, 0.2) is 0 Å². The summed E-state index contributed by atoms with van der Waals surface area (Å²) in [6.45, 7) is 3.88. The molecule has 0 fully saturated rings. The number of nitrogens with one attached hydrogen (secondary N) is 2. The van der Waals surface area contributed by atoms with E-state index < -0.39 is 10.0 Å². The summed E-state index contributed by atoms with van der Waals surface area (Å²) in [6, 6.07) is 16.0. The van der Waals surface area contributed by atoms with Crippen LogP contribution in [0.25, 0.3) is 0 Å². The highest BCUT2D eigenvalue weighted by atomic mass is 35.5. The van der Waals surface area contributed by atoms with Gasteiger partial charge in [-0.1, -0.05) is 23.7 Å². The summed E-state index contributed by atoms with van der Waals surface area (Å²) < 4.78 is 32.6. The van der Waals surface area contributed by atoms with Crippen LogP contribution in [-0.2, 0) is 10.0 Å². The maximum atomic E-state index is 12.6. The smallest absolute Gasteiger partial charge is 0.261 e. The lowest BCUT2D eigenvalue weighted by Crippen LogP contribution is -2.15. The number of carbonyl (C=O) groups is 1. The molecule has 0 aliphatic carbocycles. The van der Waals surface area contributed by atoms with E-state index in [1.165, 1.54) is 37.4 Å². The average molecular weight is 445 g/mol. The molecule has 0 bridgehead atoms. The second kappa shape index (κ2) is 8.77. The molecule has 156 valence electrons. The quantitative estimate of drug-likeness (QED) is 0.559. The van der Waals surface area contributed by atoms with Crippen molar-refractivity contribution in [2.75, 3.05) is 17.1 Å². The van der Waals surface area contributed by atoms with Crippen LogP contribution in [-0.4, -0.2) is 21.4 Å². The summed E-state index contributed by atoms with van der Waals surface area (Å²) in [6.07, 6.45) is 0. The van der Waals surface area contributed by atoms with Crippen LogP contribution in [0.2, 0.25) is 5.02 Å². The third kappa shape index (κ3) is 4.75. The van der Waals surface area contributed by atoms with E-state index in [1.807, 2.05) is 32.0 Å². The standard InChI is InChI=1S/C22H21ClN2O4S/c1-14-5-4-6-21(15(14)2)24-22(26)19-12-7-16(13-20(19)23)25-30(27,28)18-10-8-17(29-3)9-11-18/h4-13,25H,1-3H3,(H,24,26). The van der Waals surface area contributed by atoms with Gasteiger partial charge < -0.3 is 10.1 Å². The van der Waals surface area contributed by atoms with Gasteiger partial charge in [-0.05, 0) is 73.5 Å². The van der Waals surface area contributed by atoms with Gasteiger partial charge in [-0.15, -0.1) is 0 Å². The van der Waals surface area contributed by atoms with Gasteiger partial charge in [0, 0.05) is 5.69 Å². The molecule has 3 aromatic rings. The number of ether oxygens (including phenoxy) is 1. The first-order chi connectivity index (χ1) is 14.2. The van der Waals surface area contributed by atoms with Crippen molar-refractivity contribution in [3.8, 4) is 5.75 Å². The third-order valence-electron chi connectivity index (χ3n) is 4.69. The second-order valence-corrected chi connectivity index (χ2v) is 8.77. The van der Waals surface area contributed by atoms with E-state index in [2.05, 4.69) is 10.0 Å². The van der Waals surface area contributed by atoms with Crippen molar-refractivity contribution in [1.82, 2.24) is 0 Å². The van der Waals surface area contributed by atoms with Crippen LogP contribution in [0.4, 0.5) is 11.4 Å². The topological polar surface area (TPSA) is 84.5 Å². The van der Waals surface area contributed by atoms with Crippen LogP contribution in [0.15, 0.2) is 65.6 Å². The number of anilines is 2. The Morgan fingerprint density at radius 3 is 2.33 bits per heavy atom. The molecule has 1 amide bonds. The molecular formula is C22H21ClN2O4S. The molecule has 0 atom stereocenters. The van der Waals surface area contributed by atoms with E-state index in [1.54, 1.807) is 12.1 Å². The molecule has 0 unspecified atom stereocenters. The molecule has 6 nitrogen and oxygen atoms in total. The summed E-state index contributed by atoms with van der Waals surface area (Å²) in [7, 11) is -2.31. The van der Waals surface area contributed by atoms with E-state index in [-0.39, 0.29) is 27.1 Å². The number of halogens is 1. The molecule has 0 aliphatic rings. The Hall–Kier alpha value is -3.03. The lowest BCUT2D eigenvalue weighted by atomic mass is 10.1. The van der Waals surface area contributed by atoms with Gasteiger partial charge in [-0.2, -0.15) is 0 Å². The van der Waals surface area contributed by atoms with Crippen molar-refractivity contribution in [1.29, 1.82) is 0 Å². The Bertz CT molecular complexity index is 1190. The van der Waals surface area contributed by atoms with Gasteiger partial charge in [-0.25, -0.2) is 8.42 Å². The van der Waals surface area contributed by atoms with Crippen LogP contribution >= 0.6 is 11.6 Å². The van der Waals surface area contributed by atoms with E-state index in [0.29, 0.717) is 11.4 Å². The van der Waals surface area contributed by atoms with Crippen LogP contribution in [0.1, 0.15) is 21.5 Å². The third-order valence-corrected chi connectivity index (χ3v) is 6.40. The molecule has 8 heteroatoms. The van der Waals surface area contributed by atoms with Crippen LogP contribution in [0.5, 0.6) is 5.75 Å². The minimum absolute atomic E-state index is 0.0798. The summed E-state index contributed by atoms with van der Waals surface area (Å²) in [4.78, 5) is 12.7. The van der Waals surface area contributed by atoms with Crippen molar-refractivity contribution in [2.24, 2.45) is 0 Å². The summed E-state index contributed by atoms with van der Waals surface area (Å²) in [5.74, 6) is 0.175. The lowest BCUT2D eigenvalue weighted by molar-refractivity contribution is 0.102. The predicted octanol–water partition coefficient (Wildman–Crippen LogP) is 5.02. The molecule has 0 aliphatic heterocycles. The van der Waals surface area contributed by atoms with E-state index in [0.717, 1.165) is 11.1 Å².